The number of rotatable bonds is 5. The molecule has 0 aromatic carbocycles. The van der Waals surface area contributed by atoms with Gasteiger partial charge in [-0.05, 0) is 19.1 Å². The normalized spacial score (nSPS) is 18.7. The third-order valence-corrected chi connectivity index (χ3v) is 3.94. The quantitative estimate of drug-likeness (QED) is 0.842. The van der Waals surface area contributed by atoms with Gasteiger partial charge in [0.15, 0.2) is 0 Å². The summed E-state index contributed by atoms with van der Waals surface area (Å²) in [6.45, 7) is 6.28. The molecule has 1 unspecified atom stereocenters. The van der Waals surface area contributed by atoms with E-state index in [9.17, 15) is 0 Å². The zero-order chi connectivity index (χ0) is 14.7. The molecule has 0 bridgehead atoms. The summed E-state index contributed by atoms with van der Waals surface area (Å²) >= 11 is 0. The van der Waals surface area contributed by atoms with E-state index in [1.807, 2.05) is 31.6 Å². The molecule has 0 aliphatic carbocycles. The van der Waals surface area contributed by atoms with Crippen molar-refractivity contribution in [2.45, 2.75) is 25.9 Å². The number of nitrogens with zero attached hydrogens (tertiary/aromatic N) is 4. The molecule has 3 rings (SSSR count). The van der Waals surface area contributed by atoms with Crippen molar-refractivity contribution in [1.29, 1.82) is 0 Å². The van der Waals surface area contributed by atoms with E-state index in [4.69, 9.17) is 4.74 Å². The maximum Gasteiger partial charge on any atom is 0.0949 e. The number of aromatic nitrogens is 3. The summed E-state index contributed by atoms with van der Waals surface area (Å²) in [5.74, 6) is 0.380. The topological polar surface area (TPSA) is 43.2 Å². The Bertz CT molecular complexity index is 581. The molecular weight excluding hydrogens is 264 g/mol. The van der Waals surface area contributed by atoms with Gasteiger partial charge < -0.3 is 9.30 Å². The smallest absolute Gasteiger partial charge is 0.0949 e. The van der Waals surface area contributed by atoms with Crippen LogP contribution in [0.2, 0.25) is 0 Å². The molecule has 0 spiro atoms. The minimum Gasteiger partial charge on any atom is -0.381 e. The monoisotopic (exact) mass is 286 g/mol. The van der Waals surface area contributed by atoms with Gasteiger partial charge in [-0.3, -0.25) is 9.88 Å². The first-order chi connectivity index (χ1) is 10.3. The summed E-state index contributed by atoms with van der Waals surface area (Å²) in [5, 5.41) is 0. The standard InChI is InChI=1S/C16H22N4O/c1-3-21-11-13-8-20(9-14-6-4-5-7-17-14)10-15-16(13)19(2)12-18-15/h4-7,12-13H,3,8-11H2,1-2H3. The first-order valence-electron chi connectivity index (χ1n) is 7.48. The van der Waals surface area contributed by atoms with Crippen LogP contribution in [0.15, 0.2) is 30.7 Å². The number of imidazole rings is 1. The minimum atomic E-state index is 0.380. The van der Waals surface area contributed by atoms with Gasteiger partial charge in [-0.15, -0.1) is 0 Å². The maximum absolute atomic E-state index is 5.67. The molecule has 0 N–H and O–H groups in total. The Hall–Kier alpha value is -1.72. The van der Waals surface area contributed by atoms with Crippen LogP contribution in [0, 0.1) is 0 Å². The molecule has 0 saturated heterocycles. The van der Waals surface area contributed by atoms with Gasteiger partial charge in [-0.2, -0.15) is 0 Å². The molecule has 0 fully saturated rings. The summed E-state index contributed by atoms with van der Waals surface area (Å²) < 4.78 is 7.81. The van der Waals surface area contributed by atoms with Crippen molar-refractivity contribution in [3.05, 3.63) is 47.8 Å². The highest BCUT2D eigenvalue weighted by molar-refractivity contribution is 5.22. The number of fused-ring (bicyclic) bond motifs is 1. The van der Waals surface area contributed by atoms with Crippen LogP contribution >= 0.6 is 0 Å². The second kappa shape index (κ2) is 6.37. The third kappa shape index (κ3) is 3.14. The van der Waals surface area contributed by atoms with Crippen LogP contribution in [-0.2, 0) is 24.9 Å². The van der Waals surface area contributed by atoms with Crippen molar-refractivity contribution < 1.29 is 4.74 Å². The van der Waals surface area contributed by atoms with E-state index in [-0.39, 0.29) is 0 Å². The first kappa shape index (κ1) is 14.2. The van der Waals surface area contributed by atoms with Gasteiger partial charge in [-0.1, -0.05) is 6.07 Å². The second-order valence-electron chi connectivity index (χ2n) is 5.53. The molecule has 5 heteroatoms. The van der Waals surface area contributed by atoms with E-state index >= 15 is 0 Å². The number of hydrogen-bond acceptors (Lipinski definition) is 4. The van der Waals surface area contributed by atoms with E-state index in [1.165, 1.54) is 11.4 Å². The molecule has 2 aromatic heterocycles. The van der Waals surface area contributed by atoms with Gasteiger partial charge >= 0.3 is 0 Å². The fourth-order valence-corrected chi connectivity index (χ4v) is 3.04. The van der Waals surface area contributed by atoms with Gasteiger partial charge in [0.1, 0.15) is 0 Å². The Morgan fingerprint density at radius 1 is 1.33 bits per heavy atom. The summed E-state index contributed by atoms with van der Waals surface area (Å²) in [5.41, 5.74) is 3.59. The molecule has 0 amide bonds. The molecule has 2 aromatic rings. The summed E-state index contributed by atoms with van der Waals surface area (Å²) in [7, 11) is 2.07. The van der Waals surface area contributed by atoms with Gasteiger partial charge in [0.05, 0.1) is 24.3 Å². The average Bonchev–Trinajstić information content (AvgIpc) is 2.87. The molecule has 0 radical (unpaired) electrons. The van der Waals surface area contributed by atoms with Crippen LogP contribution in [0.25, 0.3) is 0 Å². The molecule has 21 heavy (non-hydrogen) atoms. The molecule has 3 heterocycles. The lowest BCUT2D eigenvalue weighted by molar-refractivity contribution is 0.102. The van der Waals surface area contributed by atoms with Crippen LogP contribution in [0.5, 0.6) is 0 Å². The number of aryl methyl sites for hydroxylation is 1. The molecule has 1 aliphatic rings. The Kier molecular flexibility index (Phi) is 4.31. The second-order valence-corrected chi connectivity index (χ2v) is 5.53. The molecule has 1 aliphatic heterocycles. The zero-order valence-electron chi connectivity index (χ0n) is 12.7. The molecule has 1 atom stereocenters. The summed E-state index contributed by atoms with van der Waals surface area (Å²) in [6.07, 6.45) is 3.76. The van der Waals surface area contributed by atoms with Crippen LogP contribution in [-0.4, -0.2) is 39.2 Å². The Labute approximate surface area is 125 Å². The van der Waals surface area contributed by atoms with Crippen LogP contribution in [0.4, 0.5) is 0 Å². The largest absolute Gasteiger partial charge is 0.381 e. The molecule has 5 nitrogen and oxygen atoms in total. The van der Waals surface area contributed by atoms with Crippen molar-refractivity contribution in [1.82, 2.24) is 19.4 Å². The van der Waals surface area contributed by atoms with Crippen LogP contribution in [0.1, 0.15) is 29.9 Å². The lowest BCUT2D eigenvalue weighted by atomic mass is 9.99. The van der Waals surface area contributed by atoms with Gasteiger partial charge in [0.25, 0.3) is 0 Å². The molecule has 0 saturated carbocycles. The van der Waals surface area contributed by atoms with Crippen molar-refractivity contribution in [2.75, 3.05) is 19.8 Å². The van der Waals surface area contributed by atoms with Crippen molar-refractivity contribution in [3.63, 3.8) is 0 Å². The van der Waals surface area contributed by atoms with Crippen LogP contribution in [0.3, 0.4) is 0 Å². The highest BCUT2D eigenvalue weighted by Crippen LogP contribution is 2.28. The SMILES string of the molecule is CCOCC1CN(Cc2ccccn2)Cc2ncn(C)c21. The van der Waals surface area contributed by atoms with Gasteiger partial charge in [0.2, 0.25) is 0 Å². The highest BCUT2D eigenvalue weighted by atomic mass is 16.5. The van der Waals surface area contributed by atoms with E-state index < -0.39 is 0 Å². The van der Waals surface area contributed by atoms with Gasteiger partial charge in [0, 0.05) is 51.1 Å². The molecular formula is C16H22N4O. The van der Waals surface area contributed by atoms with E-state index in [1.54, 1.807) is 0 Å². The number of pyridine rings is 1. The lowest BCUT2D eigenvalue weighted by Crippen LogP contribution is -2.36. The minimum absolute atomic E-state index is 0.380. The fourth-order valence-electron chi connectivity index (χ4n) is 3.04. The summed E-state index contributed by atoms with van der Waals surface area (Å²) in [6, 6.07) is 6.07. The predicted molar refractivity (Wildman–Crippen MR) is 80.8 cm³/mol. The van der Waals surface area contributed by atoms with Crippen molar-refractivity contribution in [3.8, 4) is 0 Å². The first-order valence-corrected chi connectivity index (χ1v) is 7.48. The maximum atomic E-state index is 5.67. The van der Waals surface area contributed by atoms with E-state index in [0.717, 1.165) is 38.5 Å². The highest BCUT2D eigenvalue weighted by Gasteiger charge is 2.29. The molecule has 112 valence electrons. The number of hydrogen-bond donors (Lipinski definition) is 0. The van der Waals surface area contributed by atoms with Crippen molar-refractivity contribution >= 4 is 0 Å². The van der Waals surface area contributed by atoms with Gasteiger partial charge in [-0.25, -0.2) is 4.98 Å². The number of ether oxygens (including phenoxy) is 1. The zero-order valence-corrected chi connectivity index (χ0v) is 12.7. The van der Waals surface area contributed by atoms with E-state index in [0.29, 0.717) is 5.92 Å². The summed E-state index contributed by atoms with van der Waals surface area (Å²) in [4.78, 5) is 11.4. The third-order valence-electron chi connectivity index (χ3n) is 3.94. The predicted octanol–water partition coefficient (Wildman–Crippen LogP) is 1.95. The van der Waals surface area contributed by atoms with Crippen molar-refractivity contribution in [2.24, 2.45) is 7.05 Å². The average molecular weight is 286 g/mol. The fraction of sp³-hybridized carbons (Fsp3) is 0.500. The Morgan fingerprint density at radius 2 is 2.24 bits per heavy atom. The Morgan fingerprint density at radius 3 is 3.00 bits per heavy atom. The van der Waals surface area contributed by atoms with Crippen LogP contribution < -0.4 is 0 Å². The van der Waals surface area contributed by atoms with E-state index in [2.05, 4.69) is 32.5 Å². The lowest BCUT2D eigenvalue weighted by Gasteiger charge is -2.32. The Balaban J connectivity index is 1.77.